The van der Waals surface area contributed by atoms with Crippen molar-refractivity contribution in [1.29, 1.82) is 0 Å². The van der Waals surface area contributed by atoms with Gasteiger partial charge in [-0.1, -0.05) is 30.3 Å². The summed E-state index contributed by atoms with van der Waals surface area (Å²) in [6.07, 6.45) is 2.77. The van der Waals surface area contributed by atoms with Gasteiger partial charge in [-0.25, -0.2) is 0 Å². The number of benzene rings is 1. The Bertz CT molecular complexity index is 439. The lowest BCUT2D eigenvalue weighted by molar-refractivity contribution is 0.140. The predicted octanol–water partition coefficient (Wildman–Crippen LogP) is 2.97. The molecule has 0 radical (unpaired) electrons. The van der Waals surface area contributed by atoms with Gasteiger partial charge >= 0.3 is 0 Å². The summed E-state index contributed by atoms with van der Waals surface area (Å²) in [7, 11) is 1.74. The fraction of sp³-hybridized carbons (Fsp3) is 0.375. The van der Waals surface area contributed by atoms with Crippen LogP contribution in [-0.2, 0) is 17.7 Å². The second-order valence-electron chi connectivity index (χ2n) is 4.58. The van der Waals surface area contributed by atoms with E-state index in [0.717, 1.165) is 38.4 Å². The highest BCUT2D eigenvalue weighted by Gasteiger charge is 2.07. The van der Waals surface area contributed by atoms with Crippen LogP contribution in [0.1, 0.15) is 11.3 Å². The van der Waals surface area contributed by atoms with Crippen LogP contribution in [0.2, 0.25) is 0 Å². The van der Waals surface area contributed by atoms with Crippen molar-refractivity contribution in [2.75, 3.05) is 26.8 Å². The van der Waals surface area contributed by atoms with E-state index in [0.29, 0.717) is 0 Å². The summed E-state index contributed by atoms with van der Waals surface area (Å²) in [4.78, 5) is 2.36. The molecule has 0 bridgehead atoms. The SMILES string of the molecule is COCCN(CCc1ccccc1)Cc1ccco1. The summed E-state index contributed by atoms with van der Waals surface area (Å²) in [5, 5.41) is 0. The van der Waals surface area contributed by atoms with Crippen LogP contribution in [0.4, 0.5) is 0 Å². The van der Waals surface area contributed by atoms with Gasteiger partial charge < -0.3 is 9.15 Å². The number of methoxy groups -OCH3 is 1. The van der Waals surface area contributed by atoms with Crippen molar-refractivity contribution in [3.63, 3.8) is 0 Å². The maximum Gasteiger partial charge on any atom is 0.117 e. The van der Waals surface area contributed by atoms with Gasteiger partial charge in [0.2, 0.25) is 0 Å². The number of hydrogen-bond donors (Lipinski definition) is 0. The Morgan fingerprint density at radius 3 is 2.58 bits per heavy atom. The number of furan rings is 1. The van der Waals surface area contributed by atoms with E-state index in [1.54, 1.807) is 13.4 Å². The zero-order valence-electron chi connectivity index (χ0n) is 11.4. The van der Waals surface area contributed by atoms with E-state index in [4.69, 9.17) is 9.15 Å². The summed E-state index contributed by atoms with van der Waals surface area (Å²) < 4.78 is 10.6. The molecular weight excluding hydrogens is 238 g/mol. The molecular formula is C16H21NO2. The van der Waals surface area contributed by atoms with E-state index >= 15 is 0 Å². The van der Waals surface area contributed by atoms with Gasteiger partial charge in [0.05, 0.1) is 19.4 Å². The first-order valence-electron chi connectivity index (χ1n) is 6.66. The van der Waals surface area contributed by atoms with Gasteiger partial charge in [-0.05, 0) is 24.1 Å². The lowest BCUT2D eigenvalue weighted by Crippen LogP contribution is -2.29. The third-order valence-electron chi connectivity index (χ3n) is 3.13. The molecule has 0 aliphatic rings. The molecule has 0 saturated heterocycles. The Hall–Kier alpha value is -1.58. The summed E-state index contributed by atoms with van der Waals surface area (Å²) in [6, 6.07) is 14.5. The van der Waals surface area contributed by atoms with E-state index < -0.39 is 0 Å². The van der Waals surface area contributed by atoms with Crippen molar-refractivity contribution < 1.29 is 9.15 Å². The van der Waals surface area contributed by atoms with Crippen molar-refractivity contribution in [3.8, 4) is 0 Å². The van der Waals surface area contributed by atoms with Crippen LogP contribution < -0.4 is 0 Å². The van der Waals surface area contributed by atoms with E-state index in [-0.39, 0.29) is 0 Å². The van der Waals surface area contributed by atoms with Crippen LogP contribution in [0.15, 0.2) is 53.1 Å². The molecule has 1 heterocycles. The minimum Gasteiger partial charge on any atom is -0.468 e. The Morgan fingerprint density at radius 1 is 1.05 bits per heavy atom. The Balaban J connectivity index is 1.86. The van der Waals surface area contributed by atoms with Crippen LogP contribution in [0, 0.1) is 0 Å². The highest BCUT2D eigenvalue weighted by atomic mass is 16.5. The molecule has 3 heteroatoms. The van der Waals surface area contributed by atoms with Crippen molar-refractivity contribution in [3.05, 3.63) is 60.1 Å². The molecule has 3 nitrogen and oxygen atoms in total. The van der Waals surface area contributed by atoms with Crippen LogP contribution in [-0.4, -0.2) is 31.7 Å². The van der Waals surface area contributed by atoms with E-state index in [1.807, 2.05) is 12.1 Å². The molecule has 1 aromatic heterocycles. The molecule has 0 atom stereocenters. The highest BCUT2D eigenvalue weighted by molar-refractivity contribution is 5.14. The van der Waals surface area contributed by atoms with Crippen LogP contribution >= 0.6 is 0 Å². The fourth-order valence-corrected chi connectivity index (χ4v) is 2.05. The molecule has 0 aliphatic carbocycles. The van der Waals surface area contributed by atoms with Crippen molar-refractivity contribution in [2.24, 2.45) is 0 Å². The molecule has 0 fully saturated rings. The van der Waals surface area contributed by atoms with Gasteiger partial charge in [-0.15, -0.1) is 0 Å². The van der Waals surface area contributed by atoms with Crippen LogP contribution in [0.5, 0.6) is 0 Å². The topological polar surface area (TPSA) is 25.6 Å². The molecule has 0 spiro atoms. The minimum absolute atomic E-state index is 0.746. The zero-order chi connectivity index (χ0) is 13.3. The molecule has 0 aliphatic heterocycles. The van der Waals surface area contributed by atoms with Crippen molar-refractivity contribution in [2.45, 2.75) is 13.0 Å². The average molecular weight is 259 g/mol. The average Bonchev–Trinajstić information content (AvgIpc) is 2.96. The molecule has 0 N–H and O–H groups in total. The number of ether oxygens (including phenoxy) is 1. The van der Waals surface area contributed by atoms with Gasteiger partial charge in [0.25, 0.3) is 0 Å². The summed E-state index contributed by atoms with van der Waals surface area (Å²) in [5.41, 5.74) is 1.37. The fourth-order valence-electron chi connectivity index (χ4n) is 2.05. The molecule has 2 rings (SSSR count). The largest absolute Gasteiger partial charge is 0.468 e. The van der Waals surface area contributed by atoms with Gasteiger partial charge in [-0.3, -0.25) is 4.90 Å². The zero-order valence-corrected chi connectivity index (χ0v) is 11.4. The second kappa shape index (κ2) is 7.77. The smallest absolute Gasteiger partial charge is 0.117 e. The van der Waals surface area contributed by atoms with Gasteiger partial charge in [0.1, 0.15) is 5.76 Å². The lowest BCUT2D eigenvalue weighted by Gasteiger charge is -2.20. The molecule has 2 aromatic rings. The van der Waals surface area contributed by atoms with E-state index in [9.17, 15) is 0 Å². The van der Waals surface area contributed by atoms with E-state index in [1.165, 1.54) is 5.56 Å². The van der Waals surface area contributed by atoms with Gasteiger partial charge in [0.15, 0.2) is 0 Å². The highest BCUT2D eigenvalue weighted by Crippen LogP contribution is 2.07. The number of nitrogens with zero attached hydrogens (tertiary/aromatic N) is 1. The van der Waals surface area contributed by atoms with Crippen LogP contribution in [0.3, 0.4) is 0 Å². The standard InChI is InChI=1S/C16H21NO2/c1-18-13-11-17(14-16-8-5-12-19-16)10-9-15-6-3-2-4-7-15/h2-8,12H,9-11,13-14H2,1H3. The number of hydrogen-bond acceptors (Lipinski definition) is 3. The Morgan fingerprint density at radius 2 is 1.89 bits per heavy atom. The molecule has 0 amide bonds. The molecule has 0 saturated carbocycles. The quantitative estimate of drug-likeness (QED) is 0.729. The predicted molar refractivity (Wildman–Crippen MR) is 76.0 cm³/mol. The Labute approximate surface area is 114 Å². The maximum absolute atomic E-state index is 5.41. The first-order valence-corrected chi connectivity index (χ1v) is 6.66. The van der Waals surface area contributed by atoms with Gasteiger partial charge in [0, 0.05) is 20.2 Å². The second-order valence-corrected chi connectivity index (χ2v) is 4.58. The molecule has 102 valence electrons. The molecule has 0 unspecified atom stereocenters. The third kappa shape index (κ3) is 4.89. The number of rotatable bonds is 8. The summed E-state index contributed by atoms with van der Waals surface area (Å²) in [5.74, 6) is 1.00. The Kier molecular flexibility index (Phi) is 5.66. The van der Waals surface area contributed by atoms with Crippen molar-refractivity contribution >= 4 is 0 Å². The van der Waals surface area contributed by atoms with Gasteiger partial charge in [-0.2, -0.15) is 0 Å². The van der Waals surface area contributed by atoms with Crippen molar-refractivity contribution in [1.82, 2.24) is 4.90 Å². The summed E-state index contributed by atoms with van der Waals surface area (Å²) in [6.45, 7) is 3.51. The monoisotopic (exact) mass is 259 g/mol. The maximum atomic E-state index is 5.41. The normalized spacial score (nSPS) is 11.1. The lowest BCUT2D eigenvalue weighted by atomic mass is 10.1. The minimum atomic E-state index is 0.746. The first kappa shape index (κ1) is 13.8. The summed E-state index contributed by atoms with van der Waals surface area (Å²) >= 11 is 0. The molecule has 1 aromatic carbocycles. The third-order valence-corrected chi connectivity index (χ3v) is 3.13. The van der Waals surface area contributed by atoms with E-state index in [2.05, 4.69) is 35.2 Å². The first-order chi connectivity index (χ1) is 9.38. The molecule has 19 heavy (non-hydrogen) atoms. The van der Waals surface area contributed by atoms with Crippen LogP contribution in [0.25, 0.3) is 0 Å².